The van der Waals surface area contributed by atoms with E-state index >= 15 is 0 Å². The van der Waals surface area contributed by atoms with Crippen LogP contribution in [0.5, 0.6) is 0 Å². The maximum Gasteiger partial charge on any atom is 0.227 e. The highest BCUT2D eigenvalue weighted by Gasteiger charge is 2.68. The molecule has 42 heavy (non-hydrogen) atoms. The Morgan fingerprint density at radius 2 is 1.88 bits per heavy atom. The summed E-state index contributed by atoms with van der Waals surface area (Å²) < 4.78 is 0. The first kappa shape index (κ1) is 32.6. The number of amides is 1. The number of likely N-dealkylation sites (N-methyl/N-ethyl adjacent to an activating group) is 1. The number of piperidine rings is 1. The van der Waals surface area contributed by atoms with E-state index in [-0.39, 0.29) is 39.7 Å². The summed E-state index contributed by atoms with van der Waals surface area (Å²) >= 11 is 7.21. The molecule has 0 aromatic heterocycles. The lowest BCUT2D eigenvalue weighted by Crippen LogP contribution is -2.69. The van der Waals surface area contributed by atoms with Crippen molar-refractivity contribution in [3.05, 3.63) is 11.1 Å². The van der Waals surface area contributed by atoms with Crippen molar-refractivity contribution in [1.82, 2.24) is 25.3 Å². The number of alkyl halides is 1. The maximum absolute atomic E-state index is 14.6. The number of nitrogens with zero attached hydrogens (tertiary/aromatic N) is 3. The molecule has 240 valence electrons. The molecule has 4 fully saturated rings. The quantitative estimate of drug-likeness (QED) is 0.192. The molecule has 9 heteroatoms. The fraction of sp³-hybridized carbons (Fsp3) is 0.909. The van der Waals surface area contributed by atoms with Gasteiger partial charge in [-0.25, -0.2) is 0 Å². The van der Waals surface area contributed by atoms with Crippen molar-refractivity contribution in [2.24, 2.45) is 28.2 Å². The van der Waals surface area contributed by atoms with Gasteiger partial charge >= 0.3 is 0 Å². The molecular formula is C33H60ClN7O. The number of nitrogens with one attached hydrogen (secondary N) is 2. The highest BCUT2D eigenvalue weighted by Crippen LogP contribution is 2.74. The molecule has 2 saturated heterocycles. The number of carbonyl (C=O) groups excluding carboxylic acids is 1. The molecule has 6 unspecified atom stereocenters. The second-order valence-electron chi connectivity index (χ2n) is 15.1. The summed E-state index contributed by atoms with van der Waals surface area (Å²) in [5, 5.41) is 7.09. The van der Waals surface area contributed by atoms with Gasteiger partial charge in [-0.1, -0.05) is 44.3 Å². The number of nitrogens with two attached hydrogens (primary N) is 2. The topological polar surface area (TPSA) is 103 Å². The summed E-state index contributed by atoms with van der Waals surface area (Å²) in [5.74, 6) is -0.473. The summed E-state index contributed by atoms with van der Waals surface area (Å²) in [6, 6.07) is 0.287. The van der Waals surface area contributed by atoms with Gasteiger partial charge in [0, 0.05) is 55.8 Å². The SMILES string of the molecule is CCCC1=C2CC2(CC)C2(CCCC2)C(C(C(=O)NC2CNCCC2N2CCN(C)C(C)(C)C2)C(N)N)N(C)CC1Cl. The smallest absolute Gasteiger partial charge is 0.227 e. The Labute approximate surface area is 260 Å². The van der Waals surface area contributed by atoms with Crippen LogP contribution in [-0.4, -0.2) is 109 Å². The van der Waals surface area contributed by atoms with Crippen molar-refractivity contribution in [2.45, 2.75) is 121 Å². The minimum atomic E-state index is -0.740. The second kappa shape index (κ2) is 12.6. The molecular weight excluding hydrogens is 546 g/mol. The largest absolute Gasteiger partial charge is 0.350 e. The summed E-state index contributed by atoms with van der Waals surface area (Å²) in [7, 11) is 4.40. The maximum atomic E-state index is 14.6. The third-order valence-electron chi connectivity index (χ3n) is 12.4. The standard InChI is InChI=1S/C33H60ClN7O/c1-7-11-22-23-18-32(23,8-2)33(13-9-10-14-33)28(39(5)20-24(22)34)27(29(35)36)30(42)38-25-19-37-15-12-26(25)41-17-16-40(6)31(3,4)21-41/h24-29,37H,7-21,35-36H2,1-6H3,(H,38,42). The molecule has 0 radical (unpaired) electrons. The molecule has 5 rings (SSSR count). The van der Waals surface area contributed by atoms with Crippen molar-refractivity contribution in [3.8, 4) is 0 Å². The minimum absolute atomic E-state index is 0.00740. The lowest BCUT2D eigenvalue weighted by atomic mass is 9.59. The van der Waals surface area contributed by atoms with E-state index in [1.807, 2.05) is 0 Å². The predicted octanol–water partition coefficient (Wildman–Crippen LogP) is 3.10. The van der Waals surface area contributed by atoms with Gasteiger partial charge in [0.05, 0.1) is 23.5 Å². The van der Waals surface area contributed by atoms with E-state index in [2.05, 4.69) is 67.1 Å². The van der Waals surface area contributed by atoms with Crippen LogP contribution in [0, 0.1) is 16.7 Å². The molecule has 3 heterocycles. The van der Waals surface area contributed by atoms with Crippen molar-refractivity contribution in [1.29, 1.82) is 0 Å². The predicted molar refractivity (Wildman–Crippen MR) is 173 cm³/mol. The van der Waals surface area contributed by atoms with Crippen LogP contribution in [0.3, 0.4) is 0 Å². The van der Waals surface area contributed by atoms with Crippen LogP contribution in [0.4, 0.5) is 0 Å². The molecule has 2 saturated carbocycles. The Hall–Kier alpha value is -0.740. The van der Waals surface area contributed by atoms with Crippen LogP contribution in [-0.2, 0) is 4.79 Å². The van der Waals surface area contributed by atoms with E-state index in [1.165, 1.54) is 18.4 Å². The zero-order chi connectivity index (χ0) is 30.4. The Morgan fingerprint density at radius 3 is 2.50 bits per heavy atom. The van der Waals surface area contributed by atoms with E-state index in [0.717, 1.165) is 84.2 Å². The molecule has 3 aliphatic heterocycles. The van der Waals surface area contributed by atoms with Gasteiger partial charge in [0.25, 0.3) is 0 Å². The Morgan fingerprint density at radius 1 is 1.17 bits per heavy atom. The van der Waals surface area contributed by atoms with E-state index in [4.69, 9.17) is 23.1 Å². The van der Waals surface area contributed by atoms with E-state index < -0.39 is 12.1 Å². The summed E-state index contributed by atoms with van der Waals surface area (Å²) in [6.07, 6.45) is 9.34. The number of carbonyl (C=O) groups is 1. The van der Waals surface area contributed by atoms with E-state index in [9.17, 15) is 4.79 Å². The summed E-state index contributed by atoms with van der Waals surface area (Å²) in [4.78, 5) is 22.1. The highest BCUT2D eigenvalue weighted by molar-refractivity contribution is 6.22. The normalized spacial score (nSPS) is 36.5. The fourth-order valence-corrected chi connectivity index (χ4v) is 10.4. The van der Waals surface area contributed by atoms with E-state index in [0.29, 0.717) is 6.04 Å². The molecule has 0 aromatic rings. The van der Waals surface area contributed by atoms with Crippen molar-refractivity contribution >= 4 is 17.5 Å². The average molecular weight is 606 g/mol. The van der Waals surface area contributed by atoms with Gasteiger partial charge in [0.2, 0.25) is 5.91 Å². The minimum Gasteiger partial charge on any atom is -0.350 e. The first-order valence-electron chi connectivity index (χ1n) is 17.0. The molecule has 8 nitrogen and oxygen atoms in total. The summed E-state index contributed by atoms with van der Waals surface area (Å²) in [6.45, 7) is 14.8. The molecule has 5 aliphatic rings. The van der Waals surface area contributed by atoms with Gasteiger partial charge in [0.15, 0.2) is 0 Å². The van der Waals surface area contributed by atoms with E-state index in [1.54, 1.807) is 5.57 Å². The van der Waals surface area contributed by atoms with Crippen LogP contribution < -0.4 is 22.1 Å². The number of piperazine rings is 1. The first-order valence-corrected chi connectivity index (χ1v) is 17.4. The molecule has 6 N–H and O–H groups in total. The van der Waals surface area contributed by atoms with Crippen molar-refractivity contribution in [2.75, 3.05) is 53.4 Å². The zero-order valence-electron chi connectivity index (χ0n) is 27.4. The lowest BCUT2D eigenvalue weighted by Gasteiger charge is -2.53. The van der Waals surface area contributed by atoms with Crippen LogP contribution in [0.15, 0.2) is 11.1 Å². The van der Waals surface area contributed by atoms with Gasteiger partial charge in [-0.3, -0.25) is 14.6 Å². The molecule has 1 spiro atoms. The van der Waals surface area contributed by atoms with Crippen LogP contribution >= 0.6 is 11.6 Å². The fourth-order valence-electron chi connectivity index (χ4n) is 9.99. The Bertz CT molecular complexity index is 1010. The Balaban J connectivity index is 1.46. The van der Waals surface area contributed by atoms with Crippen LogP contribution in [0.2, 0.25) is 0 Å². The lowest BCUT2D eigenvalue weighted by molar-refractivity contribution is -0.134. The van der Waals surface area contributed by atoms with Gasteiger partial charge in [0.1, 0.15) is 0 Å². The van der Waals surface area contributed by atoms with Crippen molar-refractivity contribution < 1.29 is 4.79 Å². The van der Waals surface area contributed by atoms with Crippen molar-refractivity contribution in [3.63, 3.8) is 0 Å². The number of hydrogen-bond donors (Lipinski definition) is 4. The Kier molecular flexibility index (Phi) is 9.77. The summed E-state index contributed by atoms with van der Waals surface area (Å²) in [5.41, 5.74) is 16.6. The molecule has 1 amide bonds. The number of halogens is 1. The van der Waals surface area contributed by atoms with Gasteiger partial charge in [-0.15, -0.1) is 11.6 Å². The van der Waals surface area contributed by atoms with Crippen LogP contribution in [0.25, 0.3) is 0 Å². The van der Waals surface area contributed by atoms with Gasteiger partial charge < -0.3 is 27.0 Å². The first-order chi connectivity index (χ1) is 19.9. The molecule has 0 aromatic carbocycles. The number of fused-ring (bicyclic) bond motifs is 2. The third kappa shape index (κ3) is 5.60. The average Bonchev–Trinajstić information content (AvgIpc) is 3.47. The zero-order valence-corrected chi connectivity index (χ0v) is 28.1. The third-order valence-corrected chi connectivity index (χ3v) is 12.8. The molecule has 0 bridgehead atoms. The monoisotopic (exact) mass is 605 g/mol. The molecule has 2 aliphatic carbocycles. The van der Waals surface area contributed by atoms with Gasteiger partial charge in [-0.05, 0) is 78.4 Å². The highest BCUT2D eigenvalue weighted by atomic mass is 35.5. The number of rotatable bonds is 8. The van der Waals surface area contributed by atoms with Crippen LogP contribution in [0.1, 0.15) is 85.5 Å². The number of allylic oxidation sites excluding steroid dienone is 1. The number of hydrogen-bond acceptors (Lipinski definition) is 7. The second-order valence-corrected chi connectivity index (χ2v) is 15.6. The molecule has 6 atom stereocenters. The van der Waals surface area contributed by atoms with Gasteiger partial charge in [-0.2, -0.15) is 0 Å².